The molecule has 2 aromatic carbocycles. The highest BCUT2D eigenvalue weighted by molar-refractivity contribution is 5.76. The lowest BCUT2D eigenvalue weighted by molar-refractivity contribution is -0.122. The number of aryl methyl sites for hydroxylation is 1. The molecule has 0 aromatic heterocycles. The number of rotatable bonds is 7. The van der Waals surface area contributed by atoms with Crippen LogP contribution >= 0.6 is 0 Å². The van der Waals surface area contributed by atoms with Crippen LogP contribution in [0.3, 0.4) is 0 Å². The highest BCUT2D eigenvalue weighted by Gasteiger charge is 2.20. The van der Waals surface area contributed by atoms with E-state index < -0.39 is 0 Å². The maximum atomic E-state index is 12.9. The van der Waals surface area contributed by atoms with E-state index in [0.29, 0.717) is 12.8 Å². The van der Waals surface area contributed by atoms with Crippen LogP contribution in [0.1, 0.15) is 30.4 Å². The molecule has 1 saturated heterocycles. The van der Waals surface area contributed by atoms with Crippen LogP contribution in [0.4, 0.5) is 4.39 Å². The molecular weight excluding hydrogens is 327 g/mol. The molecule has 1 fully saturated rings. The second-order valence-electron chi connectivity index (χ2n) is 7.05. The van der Waals surface area contributed by atoms with Crippen molar-refractivity contribution in [3.63, 3.8) is 0 Å². The Bertz CT molecular complexity index is 679. The highest BCUT2D eigenvalue weighted by atomic mass is 19.1. The Balaban J connectivity index is 1.33. The standard InChI is InChI=1S/C22H27FN2O/c23-20-9-6-19(7-10-20)8-11-22(26)24-21-13-16-25(17-14-21)15-12-18-4-2-1-3-5-18/h1-7,9-10,21H,8,11-17H2,(H,24,26). The first-order valence-electron chi connectivity index (χ1n) is 9.49. The molecule has 1 amide bonds. The Morgan fingerprint density at radius 2 is 1.62 bits per heavy atom. The molecule has 1 aliphatic rings. The van der Waals surface area contributed by atoms with Gasteiger partial charge in [-0.25, -0.2) is 4.39 Å². The first kappa shape index (κ1) is 18.6. The molecule has 2 aromatic rings. The number of likely N-dealkylation sites (tertiary alicyclic amines) is 1. The molecule has 0 spiro atoms. The van der Waals surface area contributed by atoms with Crippen molar-refractivity contribution in [3.8, 4) is 0 Å². The molecule has 0 aliphatic carbocycles. The zero-order valence-electron chi connectivity index (χ0n) is 15.2. The number of hydrogen-bond acceptors (Lipinski definition) is 2. The van der Waals surface area contributed by atoms with Crippen molar-refractivity contribution in [2.75, 3.05) is 19.6 Å². The summed E-state index contributed by atoms with van der Waals surface area (Å²) in [4.78, 5) is 14.6. The molecule has 0 radical (unpaired) electrons. The summed E-state index contributed by atoms with van der Waals surface area (Å²) >= 11 is 0. The van der Waals surface area contributed by atoms with E-state index in [1.165, 1.54) is 17.7 Å². The van der Waals surface area contributed by atoms with Gasteiger partial charge in [-0.05, 0) is 48.9 Å². The van der Waals surface area contributed by atoms with Gasteiger partial charge in [0.15, 0.2) is 0 Å². The van der Waals surface area contributed by atoms with Gasteiger partial charge in [-0.15, -0.1) is 0 Å². The fraction of sp³-hybridized carbons (Fsp3) is 0.409. The van der Waals surface area contributed by atoms with E-state index in [1.54, 1.807) is 12.1 Å². The quantitative estimate of drug-likeness (QED) is 0.824. The Morgan fingerprint density at radius 1 is 0.962 bits per heavy atom. The van der Waals surface area contributed by atoms with Crippen LogP contribution in [0.25, 0.3) is 0 Å². The van der Waals surface area contributed by atoms with E-state index in [0.717, 1.165) is 44.5 Å². The molecule has 0 atom stereocenters. The van der Waals surface area contributed by atoms with Crippen LogP contribution in [0.5, 0.6) is 0 Å². The largest absolute Gasteiger partial charge is 0.353 e. The third-order valence-electron chi connectivity index (χ3n) is 5.07. The van der Waals surface area contributed by atoms with Crippen molar-refractivity contribution in [1.82, 2.24) is 10.2 Å². The third-order valence-corrected chi connectivity index (χ3v) is 5.07. The van der Waals surface area contributed by atoms with Gasteiger partial charge < -0.3 is 10.2 Å². The highest BCUT2D eigenvalue weighted by Crippen LogP contribution is 2.12. The zero-order valence-corrected chi connectivity index (χ0v) is 15.2. The van der Waals surface area contributed by atoms with Crippen LogP contribution in [0.15, 0.2) is 54.6 Å². The van der Waals surface area contributed by atoms with E-state index >= 15 is 0 Å². The normalized spacial score (nSPS) is 15.7. The van der Waals surface area contributed by atoms with Crippen molar-refractivity contribution < 1.29 is 9.18 Å². The van der Waals surface area contributed by atoms with Crippen LogP contribution in [0.2, 0.25) is 0 Å². The number of carbonyl (C=O) groups is 1. The lowest BCUT2D eigenvalue weighted by Gasteiger charge is -2.32. The molecule has 0 bridgehead atoms. The molecule has 26 heavy (non-hydrogen) atoms. The molecule has 1 N–H and O–H groups in total. The van der Waals surface area contributed by atoms with E-state index in [9.17, 15) is 9.18 Å². The number of amides is 1. The van der Waals surface area contributed by atoms with Gasteiger partial charge in [-0.2, -0.15) is 0 Å². The van der Waals surface area contributed by atoms with Crippen molar-refractivity contribution in [2.24, 2.45) is 0 Å². The molecule has 138 valence electrons. The van der Waals surface area contributed by atoms with Crippen LogP contribution in [-0.2, 0) is 17.6 Å². The molecule has 0 unspecified atom stereocenters. The van der Waals surface area contributed by atoms with Crippen molar-refractivity contribution in [3.05, 3.63) is 71.5 Å². The number of hydrogen-bond donors (Lipinski definition) is 1. The summed E-state index contributed by atoms with van der Waals surface area (Å²) < 4.78 is 12.9. The Hall–Kier alpha value is -2.20. The van der Waals surface area contributed by atoms with Gasteiger partial charge in [0.05, 0.1) is 0 Å². The lowest BCUT2D eigenvalue weighted by Crippen LogP contribution is -2.45. The molecule has 3 rings (SSSR count). The van der Waals surface area contributed by atoms with Gasteiger partial charge in [0.2, 0.25) is 5.91 Å². The summed E-state index contributed by atoms with van der Waals surface area (Å²) in [6.45, 7) is 3.15. The Morgan fingerprint density at radius 3 is 2.31 bits per heavy atom. The predicted molar refractivity (Wildman–Crippen MR) is 102 cm³/mol. The number of benzene rings is 2. The van der Waals surface area contributed by atoms with Gasteiger partial charge in [-0.3, -0.25) is 4.79 Å². The zero-order chi connectivity index (χ0) is 18.2. The fourth-order valence-electron chi connectivity index (χ4n) is 3.44. The van der Waals surface area contributed by atoms with Gasteiger partial charge in [0, 0.05) is 32.1 Å². The fourth-order valence-corrected chi connectivity index (χ4v) is 3.44. The summed E-state index contributed by atoms with van der Waals surface area (Å²) in [7, 11) is 0. The number of nitrogens with zero attached hydrogens (tertiary/aromatic N) is 1. The van der Waals surface area contributed by atoms with E-state index in [2.05, 4.69) is 34.5 Å². The van der Waals surface area contributed by atoms with Crippen LogP contribution in [-0.4, -0.2) is 36.5 Å². The van der Waals surface area contributed by atoms with Crippen molar-refractivity contribution in [2.45, 2.75) is 38.1 Å². The van der Waals surface area contributed by atoms with Gasteiger partial charge in [-0.1, -0.05) is 42.5 Å². The minimum Gasteiger partial charge on any atom is -0.353 e. The van der Waals surface area contributed by atoms with E-state index in [1.807, 2.05) is 6.07 Å². The first-order chi connectivity index (χ1) is 12.7. The second-order valence-corrected chi connectivity index (χ2v) is 7.05. The van der Waals surface area contributed by atoms with Gasteiger partial charge in [0.25, 0.3) is 0 Å². The van der Waals surface area contributed by atoms with Gasteiger partial charge in [0.1, 0.15) is 5.82 Å². The van der Waals surface area contributed by atoms with Crippen LogP contribution in [0, 0.1) is 5.82 Å². The van der Waals surface area contributed by atoms with Crippen molar-refractivity contribution >= 4 is 5.91 Å². The first-order valence-corrected chi connectivity index (χ1v) is 9.49. The summed E-state index contributed by atoms with van der Waals surface area (Å²) in [6.07, 6.45) is 4.21. The molecule has 3 nitrogen and oxygen atoms in total. The molecule has 1 heterocycles. The smallest absolute Gasteiger partial charge is 0.220 e. The Kier molecular flexibility index (Phi) is 6.78. The number of nitrogens with one attached hydrogen (secondary N) is 1. The third kappa shape index (κ3) is 5.95. The minimum absolute atomic E-state index is 0.0945. The van der Waals surface area contributed by atoms with Crippen molar-refractivity contribution in [1.29, 1.82) is 0 Å². The van der Waals surface area contributed by atoms with Crippen LogP contribution < -0.4 is 5.32 Å². The molecule has 1 aliphatic heterocycles. The monoisotopic (exact) mass is 354 g/mol. The topological polar surface area (TPSA) is 32.3 Å². The summed E-state index contributed by atoms with van der Waals surface area (Å²) in [5.74, 6) is -0.144. The summed E-state index contributed by atoms with van der Waals surface area (Å²) in [6, 6.07) is 17.2. The van der Waals surface area contributed by atoms with Gasteiger partial charge >= 0.3 is 0 Å². The lowest BCUT2D eigenvalue weighted by atomic mass is 10.0. The maximum Gasteiger partial charge on any atom is 0.220 e. The maximum absolute atomic E-state index is 12.9. The number of halogens is 1. The average molecular weight is 354 g/mol. The SMILES string of the molecule is O=C(CCc1ccc(F)cc1)NC1CCN(CCc2ccccc2)CC1. The Labute approximate surface area is 155 Å². The predicted octanol–water partition coefficient (Wildman–Crippen LogP) is 3.58. The molecule has 4 heteroatoms. The molecule has 0 saturated carbocycles. The second kappa shape index (κ2) is 9.48. The minimum atomic E-state index is -0.239. The average Bonchev–Trinajstić information content (AvgIpc) is 2.68. The summed E-state index contributed by atoms with van der Waals surface area (Å²) in [5, 5.41) is 3.16. The van der Waals surface area contributed by atoms with E-state index in [4.69, 9.17) is 0 Å². The molecular formula is C22H27FN2O. The summed E-state index contributed by atoms with van der Waals surface area (Å²) in [5.41, 5.74) is 2.38. The number of piperidine rings is 1. The van der Waals surface area contributed by atoms with E-state index in [-0.39, 0.29) is 17.8 Å². The number of carbonyl (C=O) groups excluding carboxylic acids is 1.